The maximum absolute atomic E-state index is 11.8. The average molecular weight is 254 g/mol. The van der Waals surface area contributed by atoms with Gasteiger partial charge in [0.1, 0.15) is 0 Å². The van der Waals surface area contributed by atoms with Crippen molar-refractivity contribution >= 4 is 23.2 Å². The number of amides is 1. The first-order valence-electron chi connectivity index (χ1n) is 5.83. The third kappa shape index (κ3) is 3.45. The second-order valence-electron chi connectivity index (χ2n) is 4.35. The molecular formula is C13H16ClNO2. The second-order valence-corrected chi connectivity index (χ2v) is 4.78. The van der Waals surface area contributed by atoms with Crippen molar-refractivity contribution in [3.05, 3.63) is 28.8 Å². The van der Waals surface area contributed by atoms with Crippen molar-refractivity contribution in [2.45, 2.75) is 32.3 Å². The Kier molecular flexibility index (Phi) is 4.02. The summed E-state index contributed by atoms with van der Waals surface area (Å²) in [4.78, 5) is 11.8. The first-order valence-corrected chi connectivity index (χ1v) is 6.20. The maximum Gasteiger partial charge on any atom is 0.226 e. The van der Waals surface area contributed by atoms with Crippen molar-refractivity contribution in [3.63, 3.8) is 0 Å². The number of hydrogen-bond donors (Lipinski definition) is 1. The minimum atomic E-state index is 0.00215. The first kappa shape index (κ1) is 12.4. The molecule has 1 atom stereocenters. The van der Waals surface area contributed by atoms with Crippen molar-refractivity contribution < 1.29 is 9.53 Å². The summed E-state index contributed by atoms with van der Waals surface area (Å²) < 4.78 is 5.43. The number of aryl methyl sites for hydroxylation is 1. The van der Waals surface area contributed by atoms with Crippen LogP contribution < -0.4 is 5.32 Å². The number of rotatable bonds is 3. The summed E-state index contributed by atoms with van der Waals surface area (Å²) in [6, 6.07) is 5.44. The molecule has 0 spiro atoms. The standard InChI is InChI=1S/C13H16ClNO2/c1-9-7-10(14)4-5-12(9)15-13(16)8-11-3-2-6-17-11/h4-5,7,11H,2-3,6,8H2,1H3,(H,15,16). The van der Waals surface area contributed by atoms with Gasteiger partial charge in [0.05, 0.1) is 12.5 Å². The fraction of sp³-hybridized carbons (Fsp3) is 0.462. The van der Waals surface area contributed by atoms with Gasteiger partial charge in [-0.1, -0.05) is 11.6 Å². The third-order valence-electron chi connectivity index (χ3n) is 2.90. The molecule has 2 rings (SSSR count). The Morgan fingerprint density at radius 1 is 1.59 bits per heavy atom. The molecule has 17 heavy (non-hydrogen) atoms. The molecule has 1 aromatic rings. The molecule has 0 radical (unpaired) electrons. The van der Waals surface area contributed by atoms with Gasteiger partial charge in [-0.05, 0) is 43.5 Å². The zero-order chi connectivity index (χ0) is 12.3. The number of nitrogens with one attached hydrogen (secondary N) is 1. The van der Waals surface area contributed by atoms with Gasteiger partial charge in [0.2, 0.25) is 5.91 Å². The number of halogens is 1. The molecule has 1 aliphatic rings. The van der Waals surface area contributed by atoms with Gasteiger partial charge in [-0.3, -0.25) is 4.79 Å². The van der Waals surface area contributed by atoms with Crippen molar-refractivity contribution in [1.29, 1.82) is 0 Å². The lowest BCUT2D eigenvalue weighted by molar-refractivity contribution is -0.118. The van der Waals surface area contributed by atoms with E-state index in [2.05, 4.69) is 5.32 Å². The van der Waals surface area contributed by atoms with Crippen LogP contribution in [0.3, 0.4) is 0 Å². The molecule has 1 fully saturated rings. The zero-order valence-corrected chi connectivity index (χ0v) is 10.6. The number of anilines is 1. The first-order chi connectivity index (χ1) is 8.15. The second kappa shape index (κ2) is 5.52. The molecule has 0 saturated carbocycles. The number of carbonyl (C=O) groups is 1. The summed E-state index contributed by atoms with van der Waals surface area (Å²) in [5.41, 5.74) is 1.79. The van der Waals surface area contributed by atoms with Crippen LogP contribution in [-0.4, -0.2) is 18.6 Å². The van der Waals surface area contributed by atoms with E-state index >= 15 is 0 Å². The van der Waals surface area contributed by atoms with Gasteiger partial charge >= 0.3 is 0 Å². The van der Waals surface area contributed by atoms with Gasteiger partial charge in [-0.15, -0.1) is 0 Å². The molecule has 1 heterocycles. The van der Waals surface area contributed by atoms with Gasteiger partial charge in [-0.25, -0.2) is 0 Å². The molecule has 0 aromatic heterocycles. The van der Waals surface area contributed by atoms with Crippen LogP contribution in [0.5, 0.6) is 0 Å². The van der Waals surface area contributed by atoms with E-state index in [9.17, 15) is 4.79 Å². The summed E-state index contributed by atoms with van der Waals surface area (Å²) in [5.74, 6) is 0.00215. The monoisotopic (exact) mass is 253 g/mol. The summed E-state index contributed by atoms with van der Waals surface area (Å²) in [6.45, 7) is 2.70. The number of ether oxygens (including phenoxy) is 1. The fourth-order valence-electron chi connectivity index (χ4n) is 1.98. The minimum Gasteiger partial charge on any atom is -0.378 e. The molecule has 1 amide bonds. The van der Waals surface area contributed by atoms with E-state index in [0.717, 1.165) is 30.7 Å². The van der Waals surface area contributed by atoms with Crippen molar-refractivity contribution in [2.75, 3.05) is 11.9 Å². The van der Waals surface area contributed by atoms with Crippen LogP contribution >= 0.6 is 11.6 Å². The molecule has 0 bridgehead atoms. The molecule has 92 valence electrons. The Labute approximate surface area is 106 Å². The van der Waals surface area contributed by atoms with E-state index in [0.29, 0.717) is 11.4 Å². The van der Waals surface area contributed by atoms with E-state index in [-0.39, 0.29) is 12.0 Å². The smallest absolute Gasteiger partial charge is 0.226 e. The van der Waals surface area contributed by atoms with E-state index in [1.54, 1.807) is 6.07 Å². The van der Waals surface area contributed by atoms with Crippen LogP contribution in [0.15, 0.2) is 18.2 Å². The summed E-state index contributed by atoms with van der Waals surface area (Å²) in [5, 5.41) is 3.57. The van der Waals surface area contributed by atoms with Crippen molar-refractivity contribution in [3.8, 4) is 0 Å². The quantitative estimate of drug-likeness (QED) is 0.899. The van der Waals surface area contributed by atoms with Gasteiger partial charge < -0.3 is 10.1 Å². The normalized spacial score (nSPS) is 19.3. The molecule has 1 aromatic carbocycles. The van der Waals surface area contributed by atoms with Crippen LogP contribution in [0, 0.1) is 6.92 Å². The highest BCUT2D eigenvalue weighted by Gasteiger charge is 2.19. The van der Waals surface area contributed by atoms with Crippen molar-refractivity contribution in [2.24, 2.45) is 0 Å². The largest absolute Gasteiger partial charge is 0.378 e. The van der Waals surface area contributed by atoms with Gasteiger partial charge in [0.25, 0.3) is 0 Å². The predicted molar refractivity (Wildman–Crippen MR) is 68.4 cm³/mol. The minimum absolute atomic E-state index is 0.00215. The highest BCUT2D eigenvalue weighted by Crippen LogP contribution is 2.21. The molecule has 1 saturated heterocycles. The predicted octanol–water partition coefficient (Wildman–Crippen LogP) is 3.16. The summed E-state index contributed by atoms with van der Waals surface area (Å²) in [7, 11) is 0. The summed E-state index contributed by atoms with van der Waals surface area (Å²) >= 11 is 5.86. The Morgan fingerprint density at radius 2 is 2.41 bits per heavy atom. The Morgan fingerprint density at radius 3 is 3.06 bits per heavy atom. The van der Waals surface area contributed by atoms with Crippen LogP contribution in [0.25, 0.3) is 0 Å². The molecule has 1 N–H and O–H groups in total. The Bertz CT molecular complexity index is 414. The molecule has 1 aliphatic heterocycles. The zero-order valence-electron chi connectivity index (χ0n) is 9.83. The van der Waals surface area contributed by atoms with E-state index in [4.69, 9.17) is 16.3 Å². The fourth-order valence-corrected chi connectivity index (χ4v) is 2.21. The van der Waals surface area contributed by atoms with Gasteiger partial charge in [0.15, 0.2) is 0 Å². The van der Waals surface area contributed by atoms with Crippen LogP contribution in [0.1, 0.15) is 24.8 Å². The third-order valence-corrected chi connectivity index (χ3v) is 3.13. The highest BCUT2D eigenvalue weighted by atomic mass is 35.5. The van der Waals surface area contributed by atoms with E-state index in [1.807, 2.05) is 19.1 Å². The molecule has 4 heteroatoms. The van der Waals surface area contributed by atoms with Crippen molar-refractivity contribution in [1.82, 2.24) is 0 Å². The SMILES string of the molecule is Cc1cc(Cl)ccc1NC(=O)CC1CCCO1. The number of benzene rings is 1. The lowest BCUT2D eigenvalue weighted by Crippen LogP contribution is -2.19. The Balaban J connectivity index is 1.93. The molecule has 1 unspecified atom stereocenters. The number of hydrogen-bond acceptors (Lipinski definition) is 2. The topological polar surface area (TPSA) is 38.3 Å². The van der Waals surface area contributed by atoms with Gasteiger partial charge in [-0.2, -0.15) is 0 Å². The van der Waals surface area contributed by atoms with E-state index in [1.165, 1.54) is 0 Å². The van der Waals surface area contributed by atoms with E-state index < -0.39 is 0 Å². The van der Waals surface area contributed by atoms with Crippen LogP contribution in [-0.2, 0) is 9.53 Å². The summed E-state index contributed by atoms with van der Waals surface area (Å²) in [6.07, 6.45) is 2.55. The lowest BCUT2D eigenvalue weighted by Gasteiger charge is -2.11. The van der Waals surface area contributed by atoms with Crippen LogP contribution in [0.4, 0.5) is 5.69 Å². The average Bonchev–Trinajstić information content (AvgIpc) is 2.75. The van der Waals surface area contributed by atoms with Gasteiger partial charge in [0, 0.05) is 17.3 Å². The highest BCUT2D eigenvalue weighted by molar-refractivity contribution is 6.30. The number of carbonyl (C=O) groups excluding carboxylic acids is 1. The molecule has 3 nitrogen and oxygen atoms in total. The van der Waals surface area contributed by atoms with Crippen LogP contribution in [0.2, 0.25) is 5.02 Å². The molecule has 0 aliphatic carbocycles. The maximum atomic E-state index is 11.8. The molecular weight excluding hydrogens is 238 g/mol. The lowest BCUT2D eigenvalue weighted by atomic mass is 10.1. The Hall–Kier alpha value is -1.06.